The lowest BCUT2D eigenvalue weighted by Gasteiger charge is -2.24. The summed E-state index contributed by atoms with van der Waals surface area (Å²) >= 11 is 4.61. The largest absolute Gasteiger partial charge is 0.295 e. The molecule has 3 heterocycles. The molecule has 0 fully saturated rings. The highest BCUT2D eigenvalue weighted by molar-refractivity contribution is 8.00. The van der Waals surface area contributed by atoms with E-state index >= 15 is 0 Å². The van der Waals surface area contributed by atoms with Crippen molar-refractivity contribution in [2.45, 2.75) is 36.8 Å². The smallest absolute Gasteiger partial charge is 0.273 e. The van der Waals surface area contributed by atoms with E-state index in [4.69, 9.17) is 0 Å². The second-order valence-corrected chi connectivity index (χ2v) is 9.97. The molecule has 0 bridgehead atoms. The van der Waals surface area contributed by atoms with Crippen LogP contribution in [0.1, 0.15) is 28.8 Å². The lowest BCUT2D eigenvalue weighted by molar-refractivity contribution is -0.118. The molecule has 1 N–H and O–H groups in total. The van der Waals surface area contributed by atoms with Gasteiger partial charge in [-0.2, -0.15) is 5.10 Å². The van der Waals surface area contributed by atoms with Crippen LogP contribution in [0.15, 0.2) is 45.2 Å². The minimum absolute atomic E-state index is 0.122. The van der Waals surface area contributed by atoms with E-state index in [1.54, 1.807) is 23.1 Å². The first-order valence-electron chi connectivity index (χ1n) is 9.27. The Kier molecular flexibility index (Phi) is 6.26. The Morgan fingerprint density at radius 2 is 2.10 bits per heavy atom. The number of hydrazone groups is 1. The molecule has 154 valence electrons. The molecule has 1 aromatic carbocycles. The minimum Gasteiger partial charge on any atom is -0.295 e. The summed E-state index contributed by atoms with van der Waals surface area (Å²) in [7, 11) is 0. The number of anilines is 2. The van der Waals surface area contributed by atoms with E-state index in [1.807, 2.05) is 43.5 Å². The summed E-state index contributed by atoms with van der Waals surface area (Å²) in [4.78, 5) is 26.4. The molecule has 0 saturated heterocycles. The summed E-state index contributed by atoms with van der Waals surface area (Å²) in [6.45, 7) is 3.88. The molecule has 0 saturated carbocycles. The van der Waals surface area contributed by atoms with Crippen LogP contribution in [0.2, 0.25) is 0 Å². The van der Waals surface area contributed by atoms with E-state index in [9.17, 15) is 9.59 Å². The number of amides is 2. The van der Waals surface area contributed by atoms with Crippen LogP contribution in [0, 0.1) is 13.8 Å². The van der Waals surface area contributed by atoms with Crippen molar-refractivity contribution in [1.29, 1.82) is 0 Å². The zero-order chi connectivity index (χ0) is 21.1. The number of nitrogens with one attached hydrogen (secondary N) is 1. The van der Waals surface area contributed by atoms with Gasteiger partial charge in [-0.15, -0.1) is 21.5 Å². The summed E-state index contributed by atoms with van der Waals surface area (Å²) in [5, 5.41) is 19.1. The molecule has 7 nitrogen and oxygen atoms in total. The maximum absolute atomic E-state index is 12.7. The molecule has 2 amide bonds. The van der Waals surface area contributed by atoms with Gasteiger partial charge in [0, 0.05) is 23.5 Å². The van der Waals surface area contributed by atoms with Gasteiger partial charge < -0.3 is 0 Å². The molecular weight excluding hydrogens is 438 g/mol. The Labute approximate surface area is 186 Å². The van der Waals surface area contributed by atoms with Crippen LogP contribution in [0.25, 0.3) is 0 Å². The van der Waals surface area contributed by atoms with Gasteiger partial charge in [0.25, 0.3) is 5.91 Å². The normalized spacial score (nSPS) is 14.0. The van der Waals surface area contributed by atoms with Gasteiger partial charge in [-0.1, -0.05) is 41.3 Å². The molecule has 0 spiro atoms. The Morgan fingerprint density at radius 1 is 1.23 bits per heavy atom. The van der Waals surface area contributed by atoms with Gasteiger partial charge in [0.2, 0.25) is 11.0 Å². The van der Waals surface area contributed by atoms with Gasteiger partial charge in [-0.25, -0.2) is 5.01 Å². The molecule has 0 atom stereocenters. The highest BCUT2D eigenvalue weighted by atomic mass is 32.2. The first kappa shape index (κ1) is 20.7. The average molecular weight is 458 g/mol. The van der Waals surface area contributed by atoms with Crippen molar-refractivity contribution in [3.63, 3.8) is 0 Å². The fraction of sp³-hybridized carbons (Fsp3) is 0.250. The van der Waals surface area contributed by atoms with Gasteiger partial charge in [-0.05, 0) is 42.5 Å². The van der Waals surface area contributed by atoms with E-state index in [-0.39, 0.29) is 18.2 Å². The second-order valence-electron chi connectivity index (χ2n) is 6.74. The number of nitrogens with zero attached hydrogens (tertiary/aromatic N) is 4. The van der Waals surface area contributed by atoms with Gasteiger partial charge in [0.05, 0.1) is 5.69 Å². The summed E-state index contributed by atoms with van der Waals surface area (Å²) in [5.41, 5.74) is 2.96. The molecule has 4 rings (SSSR count). The van der Waals surface area contributed by atoms with E-state index in [0.717, 1.165) is 21.2 Å². The third kappa shape index (κ3) is 4.77. The number of aromatic nitrogens is 2. The topological polar surface area (TPSA) is 87.6 Å². The predicted molar refractivity (Wildman–Crippen MR) is 122 cm³/mol. The van der Waals surface area contributed by atoms with Crippen molar-refractivity contribution in [3.8, 4) is 0 Å². The SMILES string of the molecule is Cc1ccc(C)c(N2N=C(C(=O)Nc3nnc(SCc4cccs4)s3)CCC2=O)c1. The molecule has 1 aliphatic heterocycles. The van der Waals surface area contributed by atoms with E-state index < -0.39 is 0 Å². The maximum Gasteiger partial charge on any atom is 0.273 e. The third-order valence-electron chi connectivity index (χ3n) is 4.43. The first-order valence-corrected chi connectivity index (χ1v) is 12.0. The molecule has 1 aliphatic rings. The number of thioether (sulfide) groups is 1. The summed E-state index contributed by atoms with van der Waals surface area (Å²) in [6, 6.07) is 9.92. The highest BCUT2D eigenvalue weighted by Crippen LogP contribution is 2.30. The molecule has 3 aromatic rings. The number of hydrogen-bond donors (Lipinski definition) is 1. The van der Waals surface area contributed by atoms with Gasteiger partial charge >= 0.3 is 0 Å². The van der Waals surface area contributed by atoms with Crippen LogP contribution < -0.4 is 10.3 Å². The third-order valence-corrected chi connectivity index (χ3v) is 7.51. The van der Waals surface area contributed by atoms with Gasteiger partial charge in [0.1, 0.15) is 5.71 Å². The van der Waals surface area contributed by atoms with Crippen molar-refractivity contribution < 1.29 is 9.59 Å². The number of thiophene rings is 1. The van der Waals surface area contributed by atoms with Crippen LogP contribution >= 0.6 is 34.4 Å². The van der Waals surface area contributed by atoms with Crippen molar-refractivity contribution in [3.05, 3.63) is 51.7 Å². The average Bonchev–Trinajstić information content (AvgIpc) is 3.40. The molecule has 0 aliphatic carbocycles. The quantitative estimate of drug-likeness (QED) is 0.431. The number of carbonyl (C=O) groups excluding carboxylic acids is 2. The molecule has 10 heteroatoms. The fourth-order valence-corrected chi connectivity index (χ4v) is 5.39. The lowest BCUT2D eigenvalue weighted by Crippen LogP contribution is -2.36. The Balaban J connectivity index is 1.45. The van der Waals surface area contributed by atoms with Crippen molar-refractivity contribution >= 4 is 62.8 Å². The second kappa shape index (κ2) is 9.07. The Morgan fingerprint density at radius 3 is 2.90 bits per heavy atom. The van der Waals surface area contributed by atoms with E-state index in [1.165, 1.54) is 21.2 Å². The zero-order valence-corrected chi connectivity index (χ0v) is 18.9. The summed E-state index contributed by atoms with van der Waals surface area (Å²) in [5.74, 6) is 0.340. The lowest BCUT2D eigenvalue weighted by atomic mass is 10.1. The number of rotatable bonds is 6. The summed E-state index contributed by atoms with van der Waals surface area (Å²) in [6.07, 6.45) is 0.530. The van der Waals surface area contributed by atoms with Crippen LogP contribution in [0.4, 0.5) is 10.8 Å². The van der Waals surface area contributed by atoms with Crippen LogP contribution in [-0.4, -0.2) is 27.7 Å². The van der Waals surface area contributed by atoms with Crippen molar-refractivity contribution in [2.24, 2.45) is 5.10 Å². The molecule has 0 radical (unpaired) electrons. The predicted octanol–water partition coefficient (Wildman–Crippen LogP) is 4.63. The molecule has 2 aromatic heterocycles. The molecular formula is C20H19N5O2S3. The minimum atomic E-state index is -0.358. The number of carbonyl (C=O) groups is 2. The van der Waals surface area contributed by atoms with E-state index in [2.05, 4.69) is 26.7 Å². The van der Waals surface area contributed by atoms with E-state index in [0.29, 0.717) is 23.0 Å². The van der Waals surface area contributed by atoms with Crippen LogP contribution in [-0.2, 0) is 15.3 Å². The fourth-order valence-electron chi connectivity index (χ4n) is 2.87. The Bertz CT molecular complexity index is 1110. The standard InChI is InChI=1S/C20H19N5O2S3/c1-12-5-6-13(2)16(10-12)25-17(26)8-7-15(24-25)18(27)21-19-22-23-20(30-19)29-11-14-4-3-9-28-14/h3-6,9-10H,7-8,11H2,1-2H3,(H,21,22,27). The zero-order valence-electron chi connectivity index (χ0n) is 16.4. The van der Waals surface area contributed by atoms with Gasteiger partial charge in [-0.3, -0.25) is 14.9 Å². The summed E-state index contributed by atoms with van der Waals surface area (Å²) < 4.78 is 0.788. The number of benzene rings is 1. The van der Waals surface area contributed by atoms with Crippen LogP contribution in [0.3, 0.4) is 0 Å². The number of hydrogen-bond acceptors (Lipinski definition) is 8. The Hall–Kier alpha value is -2.56. The van der Waals surface area contributed by atoms with Crippen LogP contribution in [0.5, 0.6) is 0 Å². The maximum atomic E-state index is 12.7. The monoisotopic (exact) mass is 457 g/mol. The highest BCUT2D eigenvalue weighted by Gasteiger charge is 2.27. The molecule has 0 unspecified atom stereocenters. The molecule has 30 heavy (non-hydrogen) atoms. The van der Waals surface area contributed by atoms with Crippen molar-refractivity contribution in [1.82, 2.24) is 10.2 Å². The van der Waals surface area contributed by atoms with Gasteiger partial charge in [0.15, 0.2) is 4.34 Å². The first-order chi connectivity index (χ1) is 14.5. The van der Waals surface area contributed by atoms with Crippen molar-refractivity contribution in [2.75, 3.05) is 10.3 Å². The number of aryl methyl sites for hydroxylation is 2.